The summed E-state index contributed by atoms with van der Waals surface area (Å²) in [5, 5.41) is 2.75. The third-order valence-electron chi connectivity index (χ3n) is 3.33. The van der Waals surface area contributed by atoms with Crippen LogP contribution < -0.4 is 14.8 Å². The van der Waals surface area contributed by atoms with Gasteiger partial charge in [0.15, 0.2) is 17.2 Å². The SMILES string of the molecule is CC(C)(C)OC(=O)NC[C@@H]1Oc2ccccc2Oc2cnccc21. The molecule has 6 nitrogen and oxygen atoms in total. The molecule has 0 aliphatic carbocycles. The zero-order chi connectivity index (χ0) is 17.2. The van der Waals surface area contributed by atoms with Gasteiger partial charge in [0.05, 0.1) is 12.7 Å². The fourth-order valence-corrected chi connectivity index (χ4v) is 2.35. The fourth-order valence-electron chi connectivity index (χ4n) is 2.35. The van der Waals surface area contributed by atoms with Gasteiger partial charge in [0.2, 0.25) is 0 Å². The summed E-state index contributed by atoms with van der Waals surface area (Å²) in [5.41, 5.74) is 0.267. The lowest BCUT2D eigenvalue weighted by Crippen LogP contribution is -2.35. The lowest BCUT2D eigenvalue weighted by atomic mass is 10.1. The first-order valence-electron chi connectivity index (χ1n) is 7.77. The average molecular weight is 328 g/mol. The molecule has 0 radical (unpaired) electrons. The van der Waals surface area contributed by atoms with Crippen LogP contribution in [0, 0.1) is 0 Å². The summed E-state index contributed by atoms with van der Waals surface area (Å²) in [6.07, 6.45) is 2.42. The van der Waals surface area contributed by atoms with Crippen molar-refractivity contribution in [3.63, 3.8) is 0 Å². The van der Waals surface area contributed by atoms with E-state index in [0.717, 1.165) is 5.56 Å². The number of hydrogen-bond acceptors (Lipinski definition) is 5. The Bertz CT molecular complexity index is 740. The molecule has 1 aromatic carbocycles. The first kappa shape index (κ1) is 16.1. The van der Waals surface area contributed by atoms with Crippen LogP contribution in [0.2, 0.25) is 0 Å². The van der Waals surface area contributed by atoms with Gasteiger partial charge < -0.3 is 19.5 Å². The van der Waals surface area contributed by atoms with Gasteiger partial charge in [-0.2, -0.15) is 0 Å². The zero-order valence-electron chi connectivity index (χ0n) is 13.9. The highest BCUT2D eigenvalue weighted by atomic mass is 16.6. The van der Waals surface area contributed by atoms with Crippen molar-refractivity contribution in [3.05, 3.63) is 48.3 Å². The van der Waals surface area contributed by atoms with Gasteiger partial charge in [0.1, 0.15) is 11.7 Å². The number of para-hydroxylation sites is 2. The van der Waals surface area contributed by atoms with Crippen molar-refractivity contribution in [2.24, 2.45) is 0 Å². The van der Waals surface area contributed by atoms with Crippen LogP contribution in [0.15, 0.2) is 42.7 Å². The summed E-state index contributed by atoms with van der Waals surface area (Å²) in [6, 6.07) is 9.22. The van der Waals surface area contributed by atoms with Crippen LogP contribution in [0.1, 0.15) is 32.4 Å². The molecule has 6 heteroatoms. The Morgan fingerprint density at radius 3 is 2.71 bits per heavy atom. The van der Waals surface area contributed by atoms with Crippen LogP contribution in [0.4, 0.5) is 4.79 Å². The summed E-state index contributed by atoms with van der Waals surface area (Å²) in [7, 11) is 0. The van der Waals surface area contributed by atoms with E-state index < -0.39 is 17.8 Å². The first-order chi connectivity index (χ1) is 11.4. The molecule has 1 atom stereocenters. The van der Waals surface area contributed by atoms with E-state index in [2.05, 4.69) is 10.3 Å². The van der Waals surface area contributed by atoms with Gasteiger partial charge in [-0.05, 0) is 39.0 Å². The minimum atomic E-state index is -0.550. The predicted molar refractivity (Wildman–Crippen MR) is 88.4 cm³/mol. The van der Waals surface area contributed by atoms with Crippen molar-refractivity contribution in [2.45, 2.75) is 32.5 Å². The highest BCUT2D eigenvalue weighted by molar-refractivity contribution is 5.67. The molecule has 0 bridgehead atoms. The Balaban J connectivity index is 1.80. The van der Waals surface area contributed by atoms with E-state index in [1.165, 1.54) is 0 Å². The van der Waals surface area contributed by atoms with Gasteiger partial charge in [0.25, 0.3) is 0 Å². The van der Waals surface area contributed by atoms with Crippen LogP contribution in [-0.4, -0.2) is 23.2 Å². The van der Waals surface area contributed by atoms with Gasteiger partial charge in [0, 0.05) is 11.8 Å². The molecule has 1 aromatic heterocycles. The minimum Gasteiger partial charge on any atom is -0.480 e. The Labute approximate surface area is 140 Å². The number of amides is 1. The molecular formula is C18H20N2O4. The summed E-state index contributed by atoms with van der Waals surface area (Å²) < 4.78 is 17.2. The van der Waals surface area contributed by atoms with Crippen LogP contribution in [0.5, 0.6) is 17.2 Å². The van der Waals surface area contributed by atoms with E-state index in [1.54, 1.807) is 12.4 Å². The number of hydrogen-bond donors (Lipinski definition) is 1. The van der Waals surface area contributed by atoms with Crippen LogP contribution >= 0.6 is 0 Å². The number of alkyl carbamates (subject to hydrolysis) is 1. The van der Waals surface area contributed by atoms with E-state index in [4.69, 9.17) is 14.2 Å². The van der Waals surface area contributed by atoms with Crippen molar-refractivity contribution < 1.29 is 19.0 Å². The second kappa shape index (κ2) is 6.39. The Morgan fingerprint density at radius 2 is 1.96 bits per heavy atom. The molecule has 1 amide bonds. The van der Waals surface area contributed by atoms with Gasteiger partial charge in [-0.1, -0.05) is 12.1 Å². The smallest absolute Gasteiger partial charge is 0.407 e. The molecule has 0 saturated heterocycles. The van der Waals surface area contributed by atoms with E-state index in [0.29, 0.717) is 17.2 Å². The van der Waals surface area contributed by atoms with Gasteiger partial charge in [-0.15, -0.1) is 0 Å². The molecule has 24 heavy (non-hydrogen) atoms. The highest BCUT2D eigenvalue weighted by Crippen LogP contribution is 2.40. The third-order valence-corrected chi connectivity index (χ3v) is 3.33. The van der Waals surface area contributed by atoms with Gasteiger partial charge in [-0.3, -0.25) is 4.98 Å². The van der Waals surface area contributed by atoms with E-state index >= 15 is 0 Å². The quantitative estimate of drug-likeness (QED) is 0.907. The van der Waals surface area contributed by atoms with E-state index in [9.17, 15) is 4.79 Å². The van der Waals surface area contributed by atoms with Crippen molar-refractivity contribution >= 4 is 6.09 Å². The maximum absolute atomic E-state index is 11.9. The molecule has 0 fully saturated rings. The first-order valence-corrected chi connectivity index (χ1v) is 7.77. The Morgan fingerprint density at radius 1 is 1.21 bits per heavy atom. The number of aromatic nitrogens is 1. The number of benzene rings is 1. The van der Waals surface area contributed by atoms with Gasteiger partial charge in [-0.25, -0.2) is 4.79 Å². The largest absolute Gasteiger partial charge is 0.480 e. The van der Waals surface area contributed by atoms with Gasteiger partial charge >= 0.3 is 6.09 Å². The number of carbonyl (C=O) groups is 1. The summed E-state index contributed by atoms with van der Waals surface area (Å²) in [6.45, 7) is 5.71. The maximum Gasteiger partial charge on any atom is 0.407 e. The second-order valence-electron chi connectivity index (χ2n) is 6.45. The normalized spacial score (nSPS) is 15.9. The van der Waals surface area contributed by atoms with Crippen molar-refractivity contribution in [2.75, 3.05) is 6.54 Å². The summed E-state index contributed by atoms with van der Waals surface area (Å²) in [5.74, 6) is 1.84. The molecule has 126 valence electrons. The number of nitrogens with zero attached hydrogens (tertiary/aromatic N) is 1. The minimum absolute atomic E-state index is 0.254. The second-order valence-corrected chi connectivity index (χ2v) is 6.45. The van der Waals surface area contributed by atoms with E-state index in [-0.39, 0.29) is 6.54 Å². The molecule has 2 heterocycles. The molecule has 1 aliphatic heterocycles. The Kier molecular flexibility index (Phi) is 4.29. The number of ether oxygens (including phenoxy) is 3. The summed E-state index contributed by atoms with van der Waals surface area (Å²) >= 11 is 0. The molecule has 1 aliphatic rings. The summed E-state index contributed by atoms with van der Waals surface area (Å²) in [4.78, 5) is 16.0. The van der Waals surface area contributed by atoms with Crippen LogP contribution in [-0.2, 0) is 4.74 Å². The Hall–Kier alpha value is -2.76. The zero-order valence-corrected chi connectivity index (χ0v) is 13.9. The standard InChI is InChI=1S/C18H20N2O4/c1-18(2,3)24-17(21)20-11-16-12-8-9-19-10-15(12)22-13-6-4-5-7-14(13)23-16/h4-10,16H,11H2,1-3H3,(H,20,21)/t16-/m0/s1. The van der Waals surface area contributed by atoms with Crippen LogP contribution in [0.25, 0.3) is 0 Å². The molecule has 2 aromatic rings. The molecular weight excluding hydrogens is 308 g/mol. The monoisotopic (exact) mass is 328 g/mol. The van der Waals surface area contributed by atoms with Crippen molar-refractivity contribution in [3.8, 4) is 17.2 Å². The van der Waals surface area contributed by atoms with Crippen molar-refractivity contribution in [1.29, 1.82) is 0 Å². The molecule has 0 spiro atoms. The highest BCUT2D eigenvalue weighted by Gasteiger charge is 2.26. The average Bonchev–Trinajstić information content (AvgIpc) is 2.67. The molecule has 0 unspecified atom stereocenters. The fraction of sp³-hybridized carbons (Fsp3) is 0.333. The number of nitrogens with one attached hydrogen (secondary N) is 1. The number of fused-ring (bicyclic) bond motifs is 2. The molecule has 0 saturated carbocycles. The molecule has 3 rings (SSSR count). The lowest BCUT2D eigenvalue weighted by Gasteiger charge is -2.22. The lowest BCUT2D eigenvalue weighted by molar-refractivity contribution is 0.0501. The van der Waals surface area contributed by atoms with Crippen molar-refractivity contribution in [1.82, 2.24) is 10.3 Å². The number of carbonyl (C=O) groups excluding carboxylic acids is 1. The predicted octanol–water partition coefficient (Wildman–Crippen LogP) is 3.83. The van der Waals surface area contributed by atoms with E-state index in [1.807, 2.05) is 51.1 Å². The molecule has 1 N–H and O–H groups in total. The number of pyridine rings is 1. The topological polar surface area (TPSA) is 69.7 Å². The maximum atomic E-state index is 11.9. The number of rotatable bonds is 2. The van der Waals surface area contributed by atoms with Crippen LogP contribution in [0.3, 0.4) is 0 Å². The third kappa shape index (κ3) is 3.76.